The van der Waals surface area contributed by atoms with E-state index in [4.69, 9.17) is 0 Å². The van der Waals surface area contributed by atoms with E-state index in [1.54, 1.807) is 18.2 Å². The monoisotopic (exact) mass is 389 g/mol. The fraction of sp³-hybridized carbons (Fsp3) is 0.333. The lowest BCUT2D eigenvalue weighted by molar-refractivity contribution is 0.0762. The fourth-order valence-corrected chi connectivity index (χ4v) is 5.20. The number of benzene rings is 2. The summed E-state index contributed by atoms with van der Waals surface area (Å²) in [5, 5.41) is 0.709. The van der Waals surface area contributed by atoms with E-state index in [1.807, 2.05) is 11.0 Å². The molecule has 2 aliphatic heterocycles. The summed E-state index contributed by atoms with van der Waals surface area (Å²) >= 11 is 0. The molecule has 0 radical (unpaired) electrons. The lowest BCUT2D eigenvalue weighted by atomic mass is 9.88. The molecule has 0 aliphatic carbocycles. The zero-order chi connectivity index (χ0) is 20.1. The van der Waals surface area contributed by atoms with Crippen LogP contribution < -0.4 is 0 Å². The van der Waals surface area contributed by atoms with Gasteiger partial charge in [-0.15, -0.1) is 0 Å². The first-order valence-electron chi connectivity index (χ1n) is 10.1. The first-order chi connectivity index (χ1) is 14.0. The number of aryl methyl sites for hydroxylation is 1. The van der Waals surface area contributed by atoms with Gasteiger partial charge in [0.25, 0.3) is 5.91 Å². The lowest BCUT2D eigenvalue weighted by Crippen LogP contribution is -2.34. The number of nitrogens with zero attached hydrogens (tertiary/aromatic N) is 3. The second-order valence-electron chi connectivity index (χ2n) is 8.38. The van der Waals surface area contributed by atoms with Crippen molar-refractivity contribution in [2.45, 2.75) is 13.0 Å². The Morgan fingerprint density at radius 3 is 2.69 bits per heavy atom. The van der Waals surface area contributed by atoms with Gasteiger partial charge in [-0.25, -0.2) is 9.37 Å². The lowest BCUT2D eigenvalue weighted by Gasteiger charge is -2.28. The van der Waals surface area contributed by atoms with Crippen LogP contribution in [0.3, 0.4) is 0 Å². The van der Waals surface area contributed by atoms with Crippen LogP contribution in [-0.2, 0) is 0 Å². The van der Waals surface area contributed by atoms with Crippen molar-refractivity contribution in [3.8, 4) is 0 Å². The minimum absolute atomic E-state index is 0.101. The second-order valence-corrected chi connectivity index (χ2v) is 8.38. The van der Waals surface area contributed by atoms with Crippen LogP contribution in [0.25, 0.3) is 10.9 Å². The van der Waals surface area contributed by atoms with E-state index in [9.17, 15) is 9.18 Å². The number of pyridine rings is 1. The number of hydrogen-bond acceptors (Lipinski definition) is 3. The summed E-state index contributed by atoms with van der Waals surface area (Å²) in [5.41, 5.74) is 3.22. The quantitative estimate of drug-likeness (QED) is 0.663. The molecule has 3 atom stereocenters. The Kier molecular flexibility index (Phi) is 4.36. The van der Waals surface area contributed by atoms with Crippen LogP contribution in [0.4, 0.5) is 4.39 Å². The smallest absolute Gasteiger partial charge is 0.272 e. The second kappa shape index (κ2) is 6.92. The largest absolute Gasteiger partial charge is 0.337 e. The standard InChI is InChI=1S/C24H24FN3O/c1-15-6-3-4-8-18(15)23-19-14-28(13-17(19)12-27(23)2)24(29)21-11-10-16-7-5-9-20(25)22(16)26-21/h3-11,17,19,23H,12-14H2,1-2H3/t17-,19+,23+/m0/s1. The van der Waals surface area contributed by atoms with Crippen LogP contribution in [0.15, 0.2) is 54.6 Å². The van der Waals surface area contributed by atoms with Gasteiger partial charge < -0.3 is 4.90 Å². The topological polar surface area (TPSA) is 36.4 Å². The number of amides is 1. The van der Waals surface area contributed by atoms with E-state index in [0.29, 0.717) is 35.5 Å². The molecule has 29 heavy (non-hydrogen) atoms. The van der Waals surface area contributed by atoms with Crippen molar-refractivity contribution in [3.63, 3.8) is 0 Å². The molecule has 5 heteroatoms. The summed E-state index contributed by atoms with van der Waals surface area (Å²) in [4.78, 5) is 21.8. The number of carbonyl (C=O) groups is 1. The number of rotatable bonds is 2. The van der Waals surface area contributed by atoms with Gasteiger partial charge in [0.05, 0.1) is 0 Å². The molecule has 2 aromatic carbocycles. The van der Waals surface area contributed by atoms with Crippen molar-refractivity contribution in [2.24, 2.45) is 11.8 Å². The van der Waals surface area contributed by atoms with Crippen LogP contribution >= 0.6 is 0 Å². The van der Waals surface area contributed by atoms with E-state index in [0.717, 1.165) is 13.1 Å². The summed E-state index contributed by atoms with van der Waals surface area (Å²) in [6.07, 6.45) is 0. The predicted octanol–water partition coefficient (Wildman–Crippen LogP) is 4.06. The molecule has 1 amide bonds. The number of aromatic nitrogens is 1. The Labute approximate surface area is 170 Å². The van der Waals surface area contributed by atoms with E-state index >= 15 is 0 Å². The maximum Gasteiger partial charge on any atom is 0.272 e. The number of para-hydroxylation sites is 1. The van der Waals surface area contributed by atoms with Crippen molar-refractivity contribution in [1.82, 2.24) is 14.8 Å². The van der Waals surface area contributed by atoms with E-state index < -0.39 is 5.82 Å². The van der Waals surface area contributed by atoms with Gasteiger partial charge in [0.1, 0.15) is 17.0 Å². The Bertz CT molecular complexity index is 1100. The highest BCUT2D eigenvalue weighted by atomic mass is 19.1. The molecule has 1 aromatic heterocycles. The minimum Gasteiger partial charge on any atom is -0.337 e. The molecule has 2 aliphatic rings. The summed E-state index contributed by atoms with van der Waals surface area (Å²) in [6.45, 7) is 4.58. The van der Waals surface area contributed by atoms with Gasteiger partial charge in [0.2, 0.25) is 0 Å². The molecule has 3 heterocycles. The molecule has 0 unspecified atom stereocenters. The molecule has 2 fully saturated rings. The molecule has 0 spiro atoms. The molecule has 0 N–H and O–H groups in total. The Morgan fingerprint density at radius 2 is 1.86 bits per heavy atom. The molecule has 5 rings (SSSR count). The van der Waals surface area contributed by atoms with Gasteiger partial charge in [-0.2, -0.15) is 0 Å². The minimum atomic E-state index is -0.392. The van der Waals surface area contributed by atoms with Crippen LogP contribution in [-0.4, -0.2) is 47.4 Å². The molecule has 3 aromatic rings. The van der Waals surface area contributed by atoms with Gasteiger partial charge in [0.15, 0.2) is 0 Å². The van der Waals surface area contributed by atoms with Gasteiger partial charge in [-0.3, -0.25) is 9.69 Å². The van der Waals surface area contributed by atoms with Gasteiger partial charge in [-0.05, 0) is 43.1 Å². The van der Waals surface area contributed by atoms with Crippen LogP contribution in [0.2, 0.25) is 0 Å². The highest BCUT2D eigenvalue weighted by Crippen LogP contribution is 2.45. The highest BCUT2D eigenvalue weighted by molar-refractivity contribution is 5.95. The highest BCUT2D eigenvalue weighted by Gasteiger charge is 2.47. The summed E-state index contributed by atoms with van der Waals surface area (Å²) in [7, 11) is 2.18. The fourth-order valence-electron chi connectivity index (χ4n) is 5.20. The zero-order valence-electron chi connectivity index (χ0n) is 16.7. The maximum atomic E-state index is 14.1. The van der Waals surface area contributed by atoms with E-state index in [-0.39, 0.29) is 11.4 Å². The number of halogens is 1. The molecular weight excluding hydrogens is 365 g/mol. The third kappa shape index (κ3) is 3.01. The van der Waals surface area contributed by atoms with Gasteiger partial charge >= 0.3 is 0 Å². The number of hydrogen-bond donors (Lipinski definition) is 0. The van der Waals surface area contributed by atoms with Crippen molar-refractivity contribution in [3.05, 3.63) is 77.2 Å². The molecule has 2 saturated heterocycles. The summed E-state index contributed by atoms with van der Waals surface area (Å²) in [6, 6.07) is 17.2. The Balaban J connectivity index is 1.41. The van der Waals surface area contributed by atoms with Crippen molar-refractivity contribution < 1.29 is 9.18 Å². The van der Waals surface area contributed by atoms with Crippen molar-refractivity contribution >= 4 is 16.8 Å². The SMILES string of the molecule is Cc1ccccc1[C@@H]1[C@@H]2CN(C(=O)c3ccc4cccc(F)c4n3)C[C@@H]2CN1C. The maximum absolute atomic E-state index is 14.1. The average molecular weight is 389 g/mol. The molecule has 0 saturated carbocycles. The van der Waals surface area contributed by atoms with Crippen molar-refractivity contribution in [1.29, 1.82) is 0 Å². The van der Waals surface area contributed by atoms with Gasteiger partial charge in [-0.1, -0.05) is 42.5 Å². The summed E-state index contributed by atoms with van der Waals surface area (Å²) < 4.78 is 14.1. The Hall–Kier alpha value is -2.79. The van der Waals surface area contributed by atoms with E-state index in [1.165, 1.54) is 17.2 Å². The molecular formula is C24H24FN3O. The first kappa shape index (κ1) is 18.3. The Morgan fingerprint density at radius 1 is 1.03 bits per heavy atom. The molecule has 148 valence electrons. The first-order valence-corrected chi connectivity index (χ1v) is 10.1. The normalized spacial score (nSPS) is 24.2. The molecule has 4 nitrogen and oxygen atoms in total. The number of likely N-dealkylation sites (tertiary alicyclic amines) is 2. The van der Waals surface area contributed by atoms with E-state index in [2.05, 4.69) is 48.1 Å². The third-order valence-corrected chi connectivity index (χ3v) is 6.58. The zero-order valence-corrected chi connectivity index (χ0v) is 16.7. The van der Waals surface area contributed by atoms with Crippen LogP contribution in [0.5, 0.6) is 0 Å². The summed E-state index contributed by atoms with van der Waals surface area (Å²) in [5.74, 6) is 0.361. The predicted molar refractivity (Wildman–Crippen MR) is 111 cm³/mol. The van der Waals surface area contributed by atoms with Gasteiger partial charge in [0, 0.05) is 37.0 Å². The number of fused-ring (bicyclic) bond motifs is 2. The molecule has 0 bridgehead atoms. The average Bonchev–Trinajstić information content (AvgIpc) is 3.25. The van der Waals surface area contributed by atoms with Crippen molar-refractivity contribution in [2.75, 3.05) is 26.7 Å². The third-order valence-electron chi connectivity index (χ3n) is 6.58. The van der Waals surface area contributed by atoms with Crippen LogP contribution in [0, 0.1) is 24.6 Å². The van der Waals surface area contributed by atoms with Crippen LogP contribution in [0.1, 0.15) is 27.7 Å². The number of carbonyl (C=O) groups excluding carboxylic acids is 1.